The van der Waals surface area contributed by atoms with E-state index in [-0.39, 0.29) is 58.5 Å². The van der Waals surface area contributed by atoms with E-state index in [1.54, 1.807) is 0 Å². The summed E-state index contributed by atoms with van der Waals surface area (Å²) in [7, 11) is 0. The van der Waals surface area contributed by atoms with Crippen LogP contribution in [0.25, 0.3) is 65.0 Å². The summed E-state index contributed by atoms with van der Waals surface area (Å²) in [6.45, 7) is 27.3. The van der Waals surface area contributed by atoms with Gasteiger partial charge in [0.25, 0.3) is 0 Å². The van der Waals surface area contributed by atoms with E-state index >= 15 is 0 Å². The van der Waals surface area contributed by atoms with E-state index in [2.05, 4.69) is 197 Å². The molecule has 0 atom stereocenters. The van der Waals surface area contributed by atoms with Gasteiger partial charge in [-0.05, 0) is 0 Å². The molecule has 0 bridgehead atoms. The summed E-state index contributed by atoms with van der Waals surface area (Å²) in [4.78, 5) is 13.2. The molecule has 2 nitrogen and oxygen atoms in total. The zero-order valence-electron chi connectivity index (χ0n) is 36.1. The van der Waals surface area contributed by atoms with Gasteiger partial charge in [-0.1, -0.05) is 0 Å². The fraction of sp³-hybridized carbons (Fsp3) is 0.315. The minimum Gasteiger partial charge on any atom is 3.00 e. The molecule has 5 aromatic carbocycles. The van der Waals surface area contributed by atoms with Gasteiger partial charge in [-0.2, -0.15) is 0 Å². The smallest absolute Gasteiger partial charge is 3.00 e. The Morgan fingerprint density at radius 3 is 1.81 bits per heavy atom. The Kier molecular flexibility index (Phi) is 11.1. The van der Waals surface area contributed by atoms with Crippen molar-refractivity contribution in [1.29, 1.82) is 0 Å². The summed E-state index contributed by atoms with van der Waals surface area (Å²) in [5.41, 5.74) is 16.3. The second-order valence-corrected chi connectivity index (χ2v) is 22.1. The number of hydrogen-bond acceptors (Lipinski definition) is 1. The van der Waals surface area contributed by atoms with E-state index in [1.165, 1.54) is 53.8 Å². The SMILES string of the molecule is CC(C)(C)c1c[c-]c(-c2[c-]c(-c3cc4[se]ccc4c(Cc4cc(C(C)(C)C)cc5c4[n-]c4ccc(C(C)(C)C)cc45)n3)cc(-c3ccc(C(C)(C)C)cc3)c2)cc1.[Au+3]. The van der Waals surface area contributed by atoms with Gasteiger partial charge in [-0.3, -0.25) is 0 Å². The Morgan fingerprint density at radius 2 is 1.17 bits per heavy atom. The zero-order valence-corrected chi connectivity index (χ0v) is 40.0. The quantitative estimate of drug-likeness (QED) is 0.127. The van der Waals surface area contributed by atoms with E-state index < -0.39 is 0 Å². The van der Waals surface area contributed by atoms with E-state index in [4.69, 9.17) is 9.97 Å². The molecule has 0 fully saturated rings. The molecule has 8 rings (SSSR count). The van der Waals surface area contributed by atoms with Crippen molar-refractivity contribution in [2.75, 3.05) is 0 Å². The first-order valence-corrected chi connectivity index (χ1v) is 22.2. The number of fused-ring (bicyclic) bond motifs is 4. The fourth-order valence-corrected chi connectivity index (χ4v) is 9.53. The van der Waals surface area contributed by atoms with Gasteiger partial charge >= 0.3 is 371 Å². The number of nitrogens with zero attached hydrogens (tertiary/aromatic N) is 2. The second kappa shape index (κ2) is 15.3. The van der Waals surface area contributed by atoms with E-state index in [1.807, 2.05) is 0 Å². The van der Waals surface area contributed by atoms with Crippen molar-refractivity contribution in [2.24, 2.45) is 0 Å². The number of benzene rings is 5. The normalized spacial score (nSPS) is 12.8. The van der Waals surface area contributed by atoms with Crippen LogP contribution in [0.1, 0.15) is 117 Å². The number of rotatable bonds is 5. The summed E-state index contributed by atoms with van der Waals surface area (Å²) >= 11 is 0.237. The molecule has 0 spiro atoms. The van der Waals surface area contributed by atoms with Crippen LogP contribution in [0.2, 0.25) is 0 Å². The van der Waals surface area contributed by atoms with Crippen molar-refractivity contribution in [3.63, 3.8) is 0 Å². The van der Waals surface area contributed by atoms with Gasteiger partial charge in [-0.15, -0.1) is 0 Å². The number of hydrogen-bond donors (Lipinski definition) is 0. The van der Waals surface area contributed by atoms with Crippen LogP contribution in [-0.2, 0) is 50.5 Å². The molecule has 0 unspecified atom stereocenters. The largest absolute Gasteiger partial charge is 3.00 e. The summed E-state index contributed by atoms with van der Waals surface area (Å²) in [6.07, 6.45) is 0.704. The first-order chi connectivity index (χ1) is 26.7. The van der Waals surface area contributed by atoms with E-state index in [9.17, 15) is 0 Å². The van der Waals surface area contributed by atoms with Crippen LogP contribution in [0.4, 0.5) is 0 Å². The molecule has 0 N–H and O–H groups in total. The van der Waals surface area contributed by atoms with Gasteiger partial charge in [0.05, 0.1) is 0 Å². The third-order valence-electron chi connectivity index (χ3n) is 11.5. The first kappa shape index (κ1) is 42.2. The molecule has 58 heavy (non-hydrogen) atoms. The summed E-state index contributed by atoms with van der Waals surface area (Å²) in [6, 6.07) is 43.9. The van der Waals surface area contributed by atoms with Crippen LogP contribution < -0.4 is 4.98 Å². The van der Waals surface area contributed by atoms with Gasteiger partial charge in [-0.25, -0.2) is 0 Å². The van der Waals surface area contributed by atoms with Crippen LogP contribution in [0.5, 0.6) is 0 Å². The molecule has 3 heterocycles. The predicted octanol–water partition coefficient (Wildman–Crippen LogP) is 13.9. The van der Waals surface area contributed by atoms with Crippen molar-refractivity contribution >= 4 is 46.0 Å². The predicted molar refractivity (Wildman–Crippen MR) is 245 cm³/mol. The van der Waals surface area contributed by atoms with E-state index in [0.717, 1.165) is 44.7 Å². The molecule has 4 heteroatoms. The maximum Gasteiger partial charge on any atom is 3.00 e. The summed E-state index contributed by atoms with van der Waals surface area (Å²) in [5, 5.41) is 3.74. The second-order valence-electron chi connectivity index (χ2n) is 20.1. The van der Waals surface area contributed by atoms with Gasteiger partial charge < -0.3 is 0 Å². The molecule has 8 aromatic rings. The van der Waals surface area contributed by atoms with Gasteiger partial charge in [0.15, 0.2) is 0 Å². The summed E-state index contributed by atoms with van der Waals surface area (Å²) < 4.78 is 1.37. The standard InChI is InChI=1S/C54H55N2Se.Au/c1-51(2,3)39-17-13-33(14-18-39)35-25-36(34-15-19-40(20-16-34)52(4,5)6)27-37(26-35)47-32-49-43(23-24-57-49)48(55-47)29-38-28-42(54(10,11)12)31-45-44-30-41(53(7,8)9)21-22-46(44)56-50(38)45;/h13-15,17-26,28,30-32H,29H2,1-12H3;/q-3;+3. The van der Waals surface area contributed by atoms with Gasteiger partial charge in [0.2, 0.25) is 0 Å². The van der Waals surface area contributed by atoms with Gasteiger partial charge in [0, 0.05) is 0 Å². The van der Waals surface area contributed by atoms with Crippen molar-refractivity contribution in [1.82, 2.24) is 9.97 Å². The number of aromatic nitrogens is 2. The molecule has 0 aliphatic heterocycles. The molecule has 0 saturated heterocycles. The molecule has 0 aliphatic carbocycles. The van der Waals surface area contributed by atoms with Crippen LogP contribution in [-0.4, -0.2) is 19.5 Å². The van der Waals surface area contributed by atoms with E-state index in [0.29, 0.717) is 6.42 Å². The van der Waals surface area contributed by atoms with Crippen LogP contribution >= 0.6 is 0 Å². The fourth-order valence-electron chi connectivity index (χ4n) is 7.76. The average Bonchev–Trinajstić information content (AvgIpc) is 3.78. The van der Waals surface area contributed by atoms with Crippen LogP contribution in [0.15, 0.2) is 102 Å². The minimum absolute atomic E-state index is 0. The molecular formula is C54H55AuN2Se. The first-order valence-electron chi connectivity index (χ1n) is 20.3. The minimum atomic E-state index is -0.0204. The van der Waals surface area contributed by atoms with Gasteiger partial charge in [0.1, 0.15) is 0 Å². The Bertz CT molecular complexity index is 2690. The zero-order chi connectivity index (χ0) is 40.7. The Labute approximate surface area is 368 Å². The molecule has 0 aliphatic rings. The van der Waals surface area contributed by atoms with Crippen LogP contribution in [0.3, 0.4) is 0 Å². The van der Waals surface area contributed by atoms with Crippen molar-refractivity contribution in [3.8, 4) is 33.5 Å². The molecule has 0 radical (unpaired) electrons. The molecular weight excluding hydrogens is 953 g/mol. The average molecular weight is 1010 g/mol. The Balaban J connectivity index is 0.00000512. The van der Waals surface area contributed by atoms with Crippen molar-refractivity contribution < 1.29 is 22.4 Å². The maximum absolute atomic E-state index is 5.56. The molecule has 3 aromatic heterocycles. The van der Waals surface area contributed by atoms with Crippen molar-refractivity contribution in [2.45, 2.75) is 111 Å². The topological polar surface area (TPSA) is 27.0 Å². The molecule has 298 valence electrons. The molecule has 0 amide bonds. The third kappa shape index (κ3) is 8.40. The Morgan fingerprint density at radius 1 is 0.552 bits per heavy atom. The Hall–Kier alpha value is -3.95. The monoisotopic (exact) mass is 1010 g/mol. The number of pyridine rings is 1. The van der Waals surface area contributed by atoms with Crippen LogP contribution in [0, 0.1) is 12.1 Å². The maximum atomic E-state index is 5.56. The molecule has 0 saturated carbocycles. The van der Waals surface area contributed by atoms with Crippen molar-refractivity contribution in [3.05, 3.63) is 148 Å². The third-order valence-corrected chi connectivity index (χ3v) is 13.3. The summed E-state index contributed by atoms with van der Waals surface area (Å²) in [5.74, 6) is 0.